The van der Waals surface area contributed by atoms with E-state index in [0.717, 1.165) is 8.66 Å². The minimum Gasteiger partial charge on any atom is -0.404 e. The van der Waals surface area contributed by atoms with Crippen LogP contribution >= 0.6 is 43.2 Å². The lowest BCUT2D eigenvalue weighted by molar-refractivity contribution is -0.402. The van der Waals surface area contributed by atoms with Crippen molar-refractivity contribution in [3.8, 4) is 0 Å². The molecule has 2 aromatic rings. The fourth-order valence-corrected chi connectivity index (χ4v) is 3.27. The van der Waals surface area contributed by atoms with Crippen molar-refractivity contribution in [3.63, 3.8) is 0 Å². The quantitative estimate of drug-likeness (QED) is 0.456. The highest BCUT2D eigenvalue weighted by Gasteiger charge is 2.20. The van der Waals surface area contributed by atoms with Gasteiger partial charge in [0.15, 0.2) is 0 Å². The maximum absolute atomic E-state index is 10.5. The van der Waals surface area contributed by atoms with Crippen LogP contribution in [0, 0.1) is 10.1 Å². The van der Waals surface area contributed by atoms with Crippen molar-refractivity contribution < 1.29 is 9.34 Å². The van der Waals surface area contributed by atoms with Gasteiger partial charge in [0.25, 0.3) is 0 Å². The first-order chi connectivity index (χ1) is 7.58. The van der Waals surface area contributed by atoms with Crippen LogP contribution in [0.3, 0.4) is 0 Å². The van der Waals surface area contributed by atoms with E-state index in [2.05, 4.69) is 31.9 Å². The molecule has 2 heterocycles. The molecule has 0 N–H and O–H groups in total. The van der Waals surface area contributed by atoms with E-state index in [-0.39, 0.29) is 10.7 Å². The Bertz CT molecular complexity index is 522. The van der Waals surface area contributed by atoms with Gasteiger partial charge < -0.3 is 4.42 Å². The van der Waals surface area contributed by atoms with Crippen LogP contribution < -0.4 is 0 Å². The van der Waals surface area contributed by atoms with E-state index in [0.29, 0.717) is 5.76 Å². The molecule has 0 bridgehead atoms. The number of hydrogen-bond donors (Lipinski definition) is 0. The van der Waals surface area contributed by atoms with Gasteiger partial charge in [-0.3, -0.25) is 10.1 Å². The number of furan rings is 1. The molecule has 0 saturated heterocycles. The molecule has 0 aliphatic rings. The fourth-order valence-electron chi connectivity index (χ4n) is 1.18. The second-order valence-corrected chi connectivity index (χ2v) is 6.35. The van der Waals surface area contributed by atoms with E-state index >= 15 is 0 Å². The fraction of sp³-hybridized carbons (Fsp3) is 0.111. The van der Waals surface area contributed by atoms with E-state index < -0.39 is 4.92 Å². The summed E-state index contributed by atoms with van der Waals surface area (Å²) in [6.07, 6.45) is 0. The zero-order chi connectivity index (χ0) is 11.7. The summed E-state index contributed by atoms with van der Waals surface area (Å²) in [4.78, 5) is 10.8. The Hall–Kier alpha value is -0.660. The maximum atomic E-state index is 10.5. The first kappa shape index (κ1) is 11.8. The van der Waals surface area contributed by atoms with E-state index in [1.807, 2.05) is 12.1 Å². The summed E-state index contributed by atoms with van der Waals surface area (Å²) >= 11 is 8.35. The highest BCUT2D eigenvalue weighted by atomic mass is 79.9. The van der Waals surface area contributed by atoms with E-state index in [1.165, 1.54) is 6.07 Å². The van der Waals surface area contributed by atoms with Crippen LogP contribution in [0.25, 0.3) is 0 Å². The molecule has 2 aromatic heterocycles. The Morgan fingerprint density at radius 2 is 2.12 bits per heavy atom. The SMILES string of the molecule is O=[N+]([O-])c1ccc(C(Br)c2ccc(Br)s2)o1. The number of alkyl halides is 1. The van der Waals surface area contributed by atoms with Crippen molar-refractivity contribution in [2.24, 2.45) is 0 Å². The van der Waals surface area contributed by atoms with Gasteiger partial charge in [-0.15, -0.1) is 11.3 Å². The molecule has 0 saturated carbocycles. The Kier molecular flexibility index (Phi) is 3.46. The molecule has 84 valence electrons. The second-order valence-electron chi connectivity index (χ2n) is 2.94. The Morgan fingerprint density at radius 1 is 1.38 bits per heavy atom. The number of nitro groups is 1. The lowest BCUT2D eigenvalue weighted by Gasteiger charge is -2.01. The third kappa shape index (κ3) is 2.36. The lowest BCUT2D eigenvalue weighted by Crippen LogP contribution is -1.86. The van der Waals surface area contributed by atoms with E-state index in [1.54, 1.807) is 17.4 Å². The molecule has 0 amide bonds. The predicted octanol–water partition coefficient (Wildman–Crippen LogP) is 4.50. The first-order valence-electron chi connectivity index (χ1n) is 4.21. The summed E-state index contributed by atoms with van der Waals surface area (Å²) in [5.41, 5.74) is 0. The number of thiophene rings is 1. The minimum atomic E-state index is -0.548. The molecule has 0 spiro atoms. The van der Waals surface area contributed by atoms with Crippen LogP contribution in [-0.4, -0.2) is 4.92 Å². The summed E-state index contributed by atoms with van der Waals surface area (Å²) in [7, 11) is 0. The molecule has 4 nitrogen and oxygen atoms in total. The van der Waals surface area contributed by atoms with Crippen molar-refractivity contribution in [3.05, 3.63) is 48.8 Å². The van der Waals surface area contributed by atoms with Crippen molar-refractivity contribution in [2.45, 2.75) is 4.83 Å². The van der Waals surface area contributed by atoms with Crippen molar-refractivity contribution in [2.75, 3.05) is 0 Å². The van der Waals surface area contributed by atoms with Crippen molar-refractivity contribution in [1.29, 1.82) is 0 Å². The first-order valence-corrected chi connectivity index (χ1v) is 6.74. The normalized spacial score (nSPS) is 12.6. The Morgan fingerprint density at radius 3 is 2.62 bits per heavy atom. The number of nitrogens with zero attached hydrogens (tertiary/aromatic N) is 1. The molecule has 0 aliphatic carbocycles. The summed E-state index contributed by atoms with van der Waals surface area (Å²) in [5.74, 6) is 0.288. The molecule has 0 aliphatic heterocycles. The summed E-state index contributed by atoms with van der Waals surface area (Å²) in [5, 5.41) is 10.5. The van der Waals surface area contributed by atoms with Crippen LogP contribution in [-0.2, 0) is 0 Å². The lowest BCUT2D eigenvalue weighted by atomic mass is 10.3. The van der Waals surface area contributed by atoms with E-state index in [4.69, 9.17) is 4.42 Å². The van der Waals surface area contributed by atoms with Crippen LogP contribution in [0.1, 0.15) is 15.5 Å². The van der Waals surface area contributed by atoms with Gasteiger partial charge in [0.05, 0.1) is 9.85 Å². The average Bonchev–Trinajstić information content (AvgIpc) is 2.84. The topological polar surface area (TPSA) is 56.3 Å². The van der Waals surface area contributed by atoms with Gasteiger partial charge in [-0.1, -0.05) is 15.9 Å². The van der Waals surface area contributed by atoms with Gasteiger partial charge in [-0.25, -0.2) is 0 Å². The third-order valence-electron chi connectivity index (χ3n) is 1.89. The molecule has 0 radical (unpaired) electrons. The largest absolute Gasteiger partial charge is 0.433 e. The zero-order valence-corrected chi connectivity index (χ0v) is 11.7. The standard InChI is InChI=1S/C9H5Br2NO3S/c10-7-3-2-6(16-7)9(11)5-1-4-8(15-5)12(13)14/h1-4,9H. The smallest absolute Gasteiger partial charge is 0.404 e. The molecule has 7 heteroatoms. The average molecular weight is 367 g/mol. The summed E-state index contributed by atoms with van der Waals surface area (Å²) in [6, 6.07) is 6.81. The Labute approximate surface area is 112 Å². The Balaban J connectivity index is 2.26. The van der Waals surface area contributed by atoms with Crippen LogP contribution in [0.4, 0.5) is 5.88 Å². The van der Waals surface area contributed by atoms with E-state index in [9.17, 15) is 10.1 Å². The molecule has 16 heavy (non-hydrogen) atoms. The highest BCUT2D eigenvalue weighted by Crippen LogP contribution is 2.38. The molecule has 0 aromatic carbocycles. The van der Waals surface area contributed by atoms with Crippen LogP contribution in [0.15, 0.2) is 32.5 Å². The minimum absolute atomic E-state index is 0.155. The second kappa shape index (κ2) is 4.68. The molecule has 1 unspecified atom stereocenters. The zero-order valence-electron chi connectivity index (χ0n) is 7.72. The number of rotatable bonds is 3. The predicted molar refractivity (Wildman–Crippen MR) is 68.2 cm³/mol. The van der Waals surface area contributed by atoms with Crippen LogP contribution in [0.5, 0.6) is 0 Å². The molecule has 0 fully saturated rings. The van der Waals surface area contributed by atoms with Gasteiger partial charge in [-0.2, -0.15) is 0 Å². The maximum Gasteiger partial charge on any atom is 0.433 e. The van der Waals surface area contributed by atoms with Crippen molar-refractivity contribution >= 4 is 49.1 Å². The summed E-state index contributed by atoms with van der Waals surface area (Å²) < 4.78 is 6.12. The monoisotopic (exact) mass is 365 g/mol. The van der Waals surface area contributed by atoms with Crippen molar-refractivity contribution in [1.82, 2.24) is 0 Å². The van der Waals surface area contributed by atoms with Gasteiger partial charge in [0.2, 0.25) is 0 Å². The van der Waals surface area contributed by atoms with Crippen LogP contribution in [0.2, 0.25) is 0 Å². The molecular formula is C9H5Br2NO3S. The van der Waals surface area contributed by atoms with Gasteiger partial charge in [0.1, 0.15) is 15.5 Å². The molecular weight excluding hydrogens is 362 g/mol. The molecule has 2 rings (SSSR count). The van der Waals surface area contributed by atoms with Gasteiger partial charge in [-0.05, 0) is 34.1 Å². The number of halogens is 2. The molecule has 1 atom stereocenters. The summed E-state index contributed by atoms with van der Waals surface area (Å²) in [6.45, 7) is 0. The highest BCUT2D eigenvalue weighted by molar-refractivity contribution is 9.11. The third-order valence-corrected chi connectivity index (χ3v) is 4.82. The van der Waals surface area contributed by atoms with Gasteiger partial charge in [0, 0.05) is 4.88 Å². The number of hydrogen-bond acceptors (Lipinski definition) is 4. The van der Waals surface area contributed by atoms with Gasteiger partial charge >= 0.3 is 5.88 Å².